The highest BCUT2D eigenvalue weighted by atomic mass is 32.2. The number of nitrogens with zero attached hydrogens (tertiary/aromatic N) is 3. The van der Waals surface area contributed by atoms with Gasteiger partial charge in [0, 0.05) is 36.3 Å². The number of imidazole rings is 1. The van der Waals surface area contributed by atoms with Crippen LogP contribution in [-0.2, 0) is 21.2 Å². The summed E-state index contributed by atoms with van der Waals surface area (Å²) >= 11 is 0. The molecule has 1 aliphatic heterocycles. The molecule has 1 fully saturated rings. The van der Waals surface area contributed by atoms with Gasteiger partial charge in [-0.05, 0) is 43.4 Å². The summed E-state index contributed by atoms with van der Waals surface area (Å²) in [5.41, 5.74) is 8.53. The highest BCUT2D eigenvalue weighted by Crippen LogP contribution is 2.38. The quantitative estimate of drug-likeness (QED) is 0.598. The lowest BCUT2D eigenvalue weighted by atomic mass is 10.1. The number of ether oxygens (including phenoxy) is 1. The lowest BCUT2D eigenvalue weighted by Gasteiger charge is -2.17. The van der Waals surface area contributed by atoms with Crippen LogP contribution in [0.1, 0.15) is 19.3 Å². The molecule has 1 aromatic carbocycles. The van der Waals surface area contributed by atoms with Gasteiger partial charge < -0.3 is 20.4 Å². The number of anilines is 1. The Morgan fingerprint density at radius 1 is 1.32 bits per heavy atom. The largest absolute Gasteiger partial charge is 0.491 e. The second kappa shape index (κ2) is 7.23. The molecule has 5 rings (SSSR count). The number of pyridine rings is 1. The molecule has 0 bridgehead atoms. The number of benzene rings is 1. The van der Waals surface area contributed by atoms with Gasteiger partial charge >= 0.3 is 0 Å². The normalized spacial score (nSPS) is 17.1. The first kappa shape index (κ1) is 19.8. The van der Waals surface area contributed by atoms with E-state index >= 15 is 0 Å². The Hall–Kier alpha value is -3.14. The molecule has 3 aromatic rings. The minimum absolute atomic E-state index is 0.00559. The zero-order chi connectivity index (χ0) is 21.8. The summed E-state index contributed by atoms with van der Waals surface area (Å²) in [7, 11) is -3.44. The third kappa shape index (κ3) is 3.71. The molecule has 0 spiro atoms. The second-order valence-corrected chi connectivity index (χ2v) is 10.1. The summed E-state index contributed by atoms with van der Waals surface area (Å²) in [4.78, 5) is 20.7. The van der Waals surface area contributed by atoms with Gasteiger partial charge in [0.05, 0.1) is 12.1 Å². The summed E-state index contributed by atoms with van der Waals surface area (Å²) in [5.74, 6) is 1.21. The number of primary amides is 1. The van der Waals surface area contributed by atoms with Gasteiger partial charge in [0.25, 0.3) is 0 Å². The number of hydrogen-bond donors (Lipinski definition) is 2. The van der Waals surface area contributed by atoms with Crippen LogP contribution in [0, 0.1) is 5.92 Å². The predicted molar refractivity (Wildman–Crippen MR) is 116 cm³/mol. The molecule has 3 N–H and O–H groups in total. The molecule has 10 heteroatoms. The van der Waals surface area contributed by atoms with E-state index in [4.69, 9.17) is 15.5 Å². The van der Waals surface area contributed by atoms with E-state index in [-0.39, 0.29) is 16.9 Å². The van der Waals surface area contributed by atoms with Gasteiger partial charge in [-0.2, -0.15) is 0 Å². The van der Waals surface area contributed by atoms with Crippen LogP contribution in [0.5, 0.6) is 5.75 Å². The molecule has 2 aliphatic rings. The number of carbonyl (C=O) groups excluding carboxylic acids is 1. The van der Waals surface area contributed by atoms with E-state index in [9.17, 15) is 13.2 Å². The first-order chi connectivity index (χ1) is 14.8. The van der Waals surface area contributed by atoms with E-state index in [0.29, 0.717) is 35.8 Å². The lowest BCUT2D eigenvalue weighted by Crippen LogP contribution is -2.37. The first-order valence-electron chi connectivity index (χ1n) is 10.2. The molecule has 1 saturated carbocycles. The van der Waals surface area contributed by atoms with Crippen LogP contribution in [0.25, 0.3) is 22.4 Å². The van der Waals surface area contributed by atoms with Crippen LogP contribution >= 0.6 is 0 Å². The third-order valence-corrected chi connectivity index (χ3v) is 6.67. The van der Waals surface area contributed by atoms with Crippen molar-refractivity contribution in [2.45, 2.75) is 36.9 Å². The summed E-state index contributed by atoms with van der Waals surface area (Å²) in [5, 5.41) is 3.26. The van der Waals surface area contributed by atoms with Crippen molar-refractivity contribution in [3.05, 3.63) is 30.5 Å². The molecule has 1 amide bonds. The molecule has 162 valence electrons. The summed E-state index contributed by atoms with van der Waals surface area (Å²) in [6.07, 6.45) is 5.36. The van der Waals surface area contributed by atoms with Crippen molar-refractivity contribution in [1.29, 1.82) is 0 Å². The number of aromatic nitrogens is 3. The Kier molecular flexibility index (Phi) is 4.62. The van der Waals surface area contributed by atoms with Crippen molar-refractivity contribution < 1.29 is 17.9 Å². The predicted octanol–water partition coefficient (Wildman–Crippen LogP) is 1.96. The molecule has 9 nitrogen and oxygen atoms in total. The monoisotopic (exact) mass is 441 g/mol. The average molecular weight is 442 g/mol. The molecule has 1 atom stereocenters. The Balaban J connectivity index is 1.63. The number of aryl methyl sites for hydroxylation is 1. The van der Waals surface area contributed by atoms with Crippen molar-refractivity contribution in [2.75, 3.05) is 18.2 Å². The third-order valence-electron chi connectivity index (χ3n) is 5.69. The number of nitrogens with one attached hydrogen (secondary N) is 1. The molecule has 31 heavy (non-hydrogen) atoms. The van der Waals surface area contributed by atoms with Gasteiger partial charge in [-0.1, -0.05) is 0 Å². The standard InChI is InChI=1S/C21H23N5O4S/c1-31(28,29)17-9-13(5-6-23-17)21-25-15-10-14(24-18(20(22)27)12-3-4-12)11-16-19(15)26(21)7-2-8-30-16/h5-6,9-12,18,24H,2-4,7-8H2,1H3,(H2,22,27)/t18-/m0/s1. The Morgan fingerprint density at radius 3 is 2.84 bits per heavy atom. The van der Waals surface area contributed by atoms with E-state index < -0.39 is 15.9 Å². The Morgan fingerprint density at radius 2 is 2.13 bits per heavy atom. The average Bonchev–Trinajstić information content (AvgIpc) is 3.51. The number of sulfone groups is 1. The highest BCUT2D eigenvalue weighted by molar-refractivity contribution is 7.90. The summed E-state index contributed by atoms with van der Waals surface area (Å²) in [6, 6.07) is 6.63. The van der Waals surface area contributed by atoms with Crippen molar-refractivity contribution in [3.63, 3.8) is 0 Å². The molecule has 2 aromatic heterocycles. The summed E-state index contributed by atoms with van der Waals surface area (Å²) < 4.78 is 32.0. The SMILES string of the molecule is CS(=O)(=O)c1cc(-c2nc3cc(N[C@H](C(N)=O)C4CC4)cc4c3n2CCCO4)ccn1. The molecule has 1 aliphatic carbocycles. The van der Waals surface area contributed by atoms with Gasteiger partial charge in [0.15, 0.2) is 14.9 Å². The van der Waals surface area contributed by atoms with Crippen LogP contribution in [0.4, 0.5) is 5.69 Å². The fraction of sp³-hybridized carbons (Fsp3) is 0.381. The number of carbonyl (C=O) groups is 1. The Bertz CT molecular complexity index is 1300. The first-order valence-corrected chi connectivity index (χ1v) is 12.1. The number of nitrogens with two attached hydrogens (primary N) is 1. The molecule has 0 saturated heterocycles. The molecular weight excluding hydrogens is 418 g/mol. The Labute approximate surface area is 179 Å². The molecule has 0 radical (unpaired) electrons. The van der Waals surface area contributed by atoms with Crippen LogP contribution in [0.15, 0.2) is 35.5 Å². The van der Waals surface area contributed by atoms with E-state index in [1.165, 1.54) is 6.20 Å². The topological polar surface area (TPSA) is 129 Å². The zero-order valence-corrected chi connectivity index (χ0v) is 17.9. The van der Waals surface area contributed by atoms with Gasteiger partial charge in [0.1, 0.15) is 23.1 Å². The van der Waals surface area contributed by atoms with Gasteiger partial charge in [-0.15, -0.1) is 0 Å². The zero-order valence-electron chi connectivity index (χ0n) is 17.0. The van der Waals surface area contributed by atoms with Crippen LogP contribution < -0.4 is 15.8 Å². The summed E-state index contributed by atoms with van der Waals surface area (Å²) in [6.45, 7) is 1.24. The van der Waals surface area contributed by atoms with Crippen LogP contribution in [-0.4, -0.2) is 47.8 Å². The van der Waals surface area contributed by atoms with Crippen molar-refractivity contribution >= 4 is 32.5 Å². The van der Waals surface area contributed by atoms with Gasteiger partial charge in [0.2, 0.25) is 5.91 Å². The van der Waals surface area contributed by atoms with Crippen molar-refractivity contribution in [3.8, 4) is 17.1 Å². The van der Waals surface area contributed by atoms with E-state index in [1.807, 2.05) is 12.1 Å². The second-order valence-electron chi connectivity index (χ2n) is 8.15. The fourth-order valence-corrected chi connectivity index (χ4v) is 4.64. The minimum atomic E-state index is -3.44. The van der Waals surface area contributed by atoms with Gasteiger partial charge in [-0.3, -0.25) is 4.79 Å². The fourth-order valence-electron chi connectivity index (χ4n) is 4.05. The van der Waals surface area contributed by atoms with Crippen LogP contribution in [0.2, 0.25) is 0 Å². The lowest BCUT2D eigenvalue weighted by molar-refractivity contribution is -0.119. The number of hydrogen-bond acceptors (Lipinski definition) is 7. The number of amides is 1. The smallest absolute Gasteiger partial charge is 0.240 e. The van der Waals surface area contributed by atoms with Crippen molar-refractivity contribution in [1.82, 2.24) is 14.5 Å². The number of rotatable bonds is 6. The van der Waals surface area contributed by atoms with E-state index in [1.54, 1.807) is 12.1 Å². The highest BCUT2D eigenvalue weighted by Gasteiger charge is 2.35. The molecule has 0 unspecified atom stereocenters. The van der Waals surface area contributed by atoms with Crippen LogP contribution in [0.3, 0.4) is 0 Å². The molecule has 3 heterocycles. The maximum Gasteiger partial charge on any atom is 0.240 e. The maximum atomic E-state index is 12.0. The maximum absolute atomic E-state index is 12.0. The molecular formula is C21H23N5O4S. The minimum Gasteiger partial charge on any atom is -0.491 e. The van der Waals surface area contributed by atoms with E-state index in [2.05, 4.69) is 14.9 Å². The van der Waals surface area contributed by atoms with Crippen molar-refractivity contribution in [2.24, 2.45) is 11.7 Å². The van der Waals surface area contributed by atoms with Gasteiger partial charge in [-0.25, -0.2) is 18.4 Å². The van der Waals surface area contributed by atoms with E-state index in [0.717, 1.165) is 36.7 Å².